The van der Waals surface area contributed by atoms with Gasteiger partial charge in [-0.05, 0) is 55.3 Å². The van der Waals surface area contributed by atoms with Crippen LogP contribution in [-0.2, 0) is 4.79 Å². The van der Waals surface area contributed by atoms with Crippen LogP contribution in [0.2, 0.25) is 0 Å². The first kappa shape index (κ1) is 13.1. The van der Waals surface area contributed by atoms with Crippen molar-refractivity contribution in [1.82, 2.24) is 10.2 Å². The van der Waals surface area contributed by atoms with E-state index in [-0.39, 0.29) is 12.2 Å². The molecule has 0 aromatic heterocycles. The number of hydrogen-bond donors (Lipinski definition) is 1. The third-order valence-electron chi connectivity index (χ3n) is 6.45. The van der Waals surface area contributed by atoms with E-state index in [0.29, 0.717) is 17.9 Å². The lowest BCUT2D eigenvalue weighted by Gasteiger charge is -2.29. The maximum atomic E-state index is 12.8. The van der Waals surface area contributed by atoms with E-state index in [1.165, 1.54) is 19.3 Å². The molecule has 6 unspecified atom stereocenters. The first-order chi connectivity index (χ1) is 9.63. The highest BCUT2D eigenvalue weighted by Crippen LogP contribution is 2.67. The van der Waals surface area contributed by atoms with Crippen LogP contribution in [0.25, 0.3) is 0 Å². The molecule has 3 aliphatic carbocycles. The average Bonchev–Trinajstić information content (AvgIpc) is 2.75. The van der Waals surface area contributed by atoms with Gasteiger partial charge in [0.05, 0.1) is 12.2 Å². The molecule has 0 spiro atoms. The Morgan fingerprint density at radius 3 is 2.45 bits per heavy atom. The highest BCUT2D eigenvalue weighted by Gasteiger charge is 2.69. The molecule has 112 valence electrons. The minimum atomic E-state index is 0.0892. The molecule has 0 radical (unpaired) electrons. The smallest absolute Gasteiger partial charge is 0.241 e. The fraction of sp³-hybridized carbons (Fsp3) is 0.941. The predicted molar refractivity (Wildman–Crippen MR) is 78.9 cm³/mol. The molecule has 0 aromatic carbocycles. The van der Waals surface area contributed by atoms with E-state index >= 15 is 0 Å². The zero-order valence-electron chi connectivity index (χ0n) is 13.0. The molecule has 1 saturated heterocycles. The van der Waals surface area contributed by atoms with Crippen LogP contribution >= 0.6 is 0 Å². The van der Waals surface area contributed by atoms with Gasteiger partial charge in [-0.1, -0.05) is 27.2 Å². The minimum Gasteiger partial charge on any atom is -0.322 e. The Bertz CT molecular complexity index is 405. The standard InChI is InChI=1S/C17H28N2O/c1-4-5-12-17(20)19(16(18-12)9(2)3)15-13-10-6-7-11(8-10)14(13)15/h9-16,18H,4-8H2,1-3H3. The van der Waals surface area contributed by atoms with E-state index < -0.39 is 0 Å². The van der Waals surface area contributed by atoms with Crippen molar-refractivity contribution in [3.63, 3.8) is 0 Å². The number of nitrogens with one attached hydrogen (secondary N) is 1. The summed E-state index contributed by atoms with van der Waals surface area (Å²) in [5, 5.41) is 3.63. The Morgan fingerprint density at radius 2 is 1.90 bits per heavy atom. The molecule has 3 nitrogen and oxygen atoms in total. The molecule has 1 N–H and O–H groups in total. The van der Waals surface area contributed by atoms with E-state index in [4.69, 9.17) is 0 Å². The van der Waals surface area contributed by atoms with Gasteiger partial charge in [0.1, 0.15) is 0 Å². The first-order valence-electron chi connectivity index (χ1n) is 8.71. The average molecular weight is 276 g/mol. The van der Waals surface area contributed by atoms with Crippen molar-refractivity contribution in [3.8, 4) is 0 Å². The van der Waals surface area contributed by atoms with Crippen molar-refractivity contribution >= 4 is 5.91 Å². The van der Waals surface area contributed by atoms with Crippen LogP contribution in [0.1, 0.15) is 52.9 Å². The van der Waals surface area contributed by atoms with Gasteiger partial charge in [0, 0.05) is 6.04 Å². The molecule has 3 saturated carbocycles. The van der Waals surface area contributed by atoms with Gasteiger partial charge >= 0.3 is 0 Å². The van der Waals surface area contributed by atoms with Crippen LogP contribution in [-0.4, -0.2) is 29.1 Å². The summed E-state index contributed by atoms with van der Waals surface area (Å²) in [6, 6.07) is 0.682. The van der Waals surface area contributed by atoms with Gasteiger partial charge in [0.25, 0.3) is 0 Å². The van der Waals surface area contributed by atoms with Crippen molar-refractivity contribution in [3.05, 3.63) is 0 Å². The van der Waals surface area contributed by atoms with Gasteiger partial charge in [-0.2, -0.15) is 0 Å². The zero-order valence-corrected chi connectivity index (χ0v) is 13.0. The summed E-state index contributed by atoms with van der Waals surface area (Å²) in [6.45, 7) is 6.67. The second-order valence-corrected chi connectivity index (χ2v) is 7.92. The Hall–Kier alpha value is -0.570. The van der Waals surface area contributed by atoms with E-state index in [1.54, 1.807) is 0 Å². The summed E-state index contributed by atoms with van der Waals surface area (Å²) in [7, 11) is 0. The first-order valence-corrected chi connectivity index (χ1v) is 8.71. The monoisotopic (exact) mass is 276 g/mol. The summed E-state index contributed by atoms with van der Waals surface area (Å²) in [4.78, 5) is 15.1. The molecular formula is C17H28N2O. The molecule has 1 amide bonds. The Labute approximate surface area is 122 Å². The lowest BCUT2D eigenvalue weighted by Crippen LogP contribution is -2.44. The molecular weight excluding hydrogens is 248 g/mol. The molecule has 1 heterocycles. The van der Waals surface area contributed by atoms with Crippen molar-refractivity contribution in [1.29, 1.82) is 0 Å². The highest BCUT2D eigenvalue weighted by atomic mass is 16.2. The SMILES string of the molecule is CCCC1NC(C(C)C)N(C2C3C4CCC(C4)C32)C1=O. The van der Waals surface area contributed by atoms with E-state index in [9.17, 15) is 4.79 Å². The van der Waals surface area contributed by atoms with Gasteiger partial charge in [0.2, 0.25) is 5.91 Å². The van der Waals surface area contributed by atoms with Crippen LogP contribution in [0.4, 0.5) is 0 Å². The second kappa shape index (κ2) is 4.46. The lowest BCUT2D eigenvalue weighted by molar-refractivity contribution is -0.131. The van der Waals surface area contributed by atoms with Crippen LogP contribution in [0.3, 0.4) is 0 Å². The summed E-state index contributed by atoms with van der Waals surface area (Å²) in [6.07, 6.45) is 6.70. The lowest BCUT2D eigenvalue weighted by atomic mass is 10.0. The topological polar surface area (TPSA) is 32.3 Å². The number of nitrogens with zero attached hydrogens (tertiary/aromatic N) is 1. The van der Waals surface area contributed by atoms with Crippen LogP contribution in [0.5, 0.6) is 0 Å². The maximum Gasteiger partial charge on any atom is 0.241 e. The molecule has 20 heavy (non-hydrogen) atoms. The Morgan fingerprint density at radius 1 is 1.25 bits per heavy atom. The fourth-order valence-corrected chi connectivity index (χ4v) is 5.67. The summed E-state index contributed by atoms with van der Waals surface area (Å²) in [5.74, 6) is 4.54. The van der Waals surface area contributed by atoms with E-state index in [1.807, 2.05) is 0 Å². The largest absolute Gasteiger partial charge is 0.322 e. The maximum absolute atomic E-state index is 12.8. The number of fused-ring (bicyclic) bond motifs is 5. The quantitative estimate of drug-likeness (QED) is 0.856. The Kier molecular flexibility index (Phi) is 2.93. The highest BCUT2D eigenvalue weighted by molar-refractivity contribution is 5.85. The number of amides is 1. The predicted octanol–water partition coefficient (Wildman–Crippen LogP) is 2.61. The van der Waals surface area contributed by atoms with Crippen molar-refractivity contribution < 1.29 is 4.79 Å². The summed E-state index contributed by atoms with van der Waals surface area (Å²) in [5.41, 5.74) is 0. The van der Waals surface area contributed by atoms with Crippen LogP contribution in [0.15, 0.2) is 0 Å². The molecule has 4 aliphatic rings. The third-order valence-corrected chi connectivity index (χ3v) is 6.45. The van der Waals surface area contributed by atoms with E-state index in [0.717, 1.165) is 36.5 Å². The summed E-state index contributed by atoms with van der Waals surface area (Å²) >= 11 is 0. The fourth-order valence-electron chi connectivity index (χ4n) is 5.67. The van der Waals surface area contributed by atoms with E-state index in [2.05, 4.69) is 31.0 Å². The van der Waals surface area contributed by atoms with Crippen molar-refractivity contribution in [2.24, 2.45) is 29.6 Å². The Balaban J connectivity index is 1.55. The van der Waals surface area contributed by atoms with Crippen molar-refractivity contribution in [2.75, 3.05) is 0 Å². The van der Waals surface area contributed by atoms with Gasteiger partial charge in [-0.25, -0.2) is 0 Å². The molecule has 3 heteroatoms. The molecule has 4 fully saturated rings. The molecule has 2 bridgehead atoms. The number of carbonyl (C=O) groups is 1. The van der Waals surface area contributed by atoms with Gasteiger partial charge in [-0.3, -0.25) is 10.1 Å². The van der Waals surface area contributed by atoms with Crippen LogP contribution in [0, 0.1) is 29.6 Å². The zero-order chi connectivity index (χ0) is 14.0. The van der Waals surface area contributed by atoms with Gasteiger partial charge < -0.3 is 4.90 Å². The van der Waals surface area contributed by atoms with Crippen LogP contribution < -0.4 is 5.32 Å². The molecule has 0 aromatic rings. The number of rotatable bonds is 4. The molecule has 6 atom stereocenters. The minimum absolute atomic E-state index is 0.0892. The third kappa shape index (κ3) is 1.65. The van der Waals surface area contributed by atoms with Crippen molar-refractivity contribution in [2.45, 2.75) is 71.1 Å². The molecule has 4 rings (SSSR count). The normalized spacial score (nSPS) is 49.3. The second-order valence-electron chi connectivity index (χ2n) is 7.92. The van der Waals surface area contributed by atoms with Gasteiger partial charge in [-0.15, -0.1) is 0 Å². The molecule has 1 aliphatic heterocycles. The number of carbonyl (C=O) groups excluding carboxylic acids is 1. The van der Waals surface area contributed by atoms with Gasteiger partial charge in [0.15, 0.2) is 0 Å². The number of hydrogen-bond acceptors (Lipinski definition) is 2. The summed E-state index contributed by atoms with van der Waals surface area (Å²) < 4.78 is 0.